The van der Waals surface area contributed by atoms with Crippen LogP contribution in [0, 0.1) is 0 Å². The summed E-state index contributed by atoms with van der Waals surface area (Å²) >= 11 is 0. The Hall–Kier alpha value is -0.650. The number of hydrogen-bond acceptors (Lipinski definition) is 4. The minimum absolute atomic E-state index is 0.147. The van der Waals surface area contributed by atoms with Crippen LogP contribution in [-0.2, 0) is 9.53 Å². The van der Waals surface area contributed by atoms with Gasteiger partial charge >= 0.3 is 0 Å². The molecule has 0 spiro atoms. The van der Waals surface area contributed by atoms with Crippen LogP contribution in [0.4, 0.5) is 0 Å². The molecule has 20 heavy (non-hydrogen) atoms. The highest BCUT2D eigenvalue weighted by Crippen LogP contribution is 2.34. The second kappa shape index (κ2) is 5.62. The number of hydrogen-bond donors (Lipinski definition) is 1. The van der Waals surface area contributed by atoms with E-state index in [2.05, 4.69) is 4.90 Å². The number of piperidine rings is 1. The van der Waals surface area contributed by atoms with Crippen molar-refractivity contribution in [2.24, 2.45) is 5.73 Å². The molecule has 3 fully saturated rings. The van der Waals surface area contributed by atoms with Gasteiger partial charge in [-0.15, -0.1) is 0 Å². The minimum atomic E-state index is 0.147. The third kappa shape index (κ3) is 2.85. The van der Waals surface area contributed by atoms with E-state index in [0.29, 0.717) is 24.7 Å². The molecule has 3 aliphatic heterocycles. The monoisotopic (exact) mass is 281 g/mol. The molecule has 0 saturated carbocycles. The summed E-state index contributed by atoms with van der Waals surface area (Å²) in [5.74, 6) is 0.263. The van der Waals surface area contributed by atoms with Gasteiger partial charge in [-0.2, -0.15) is 0 Å². The number of amides is 1. The number of carbonyl (C=O) groups excluding carboxylic acids is 1. The van der Waals surface area contributed by atoms with Gasteiger partial charge in [0.1, 0.15) is 0 Å². The molecule has 4 atom stereocenters. The molecule has 0 aromatic rings. The van der Waals surface area contributed by atoms with Gasteiger partial charge in [0, 0.05) is 31.2 Å². The molecule has 0 aromatic carbocycles. The van der Waals surface area contributed by atoms with E-state index < -0.39 is 0 Å². The van der Waals surface area contributed by atoms with Crippen LogP contribution in [0.3, 0.4) is 0 Å². The third-order valence-corrected chi connectivity index (χ3v) is 5.01. The quantitative estimate of drug-likeness (QED) is 0.804. The summed E-state index contributed by atoms with van der Waals surface area (Å²) in [5, 5.41) is 0. The fraction of sp³-hybridized carbons (Fsp3) is 0.933. The molecule has 0 aliphatic carbocycles. The molecule has 0 aromatic heterocycles. The Bertz CT molecular complexity index is 352. The van der Waals surface area contributed by atoms with E-state index in [9.17, 15) is 4.79 Å². The average molecular weight is 281 g/mol. The first-order valence-electron chi connectivity index (χ1n) is 7.97. The van der Waals surface area contributed by atoms with E-state index in [4.69, 9.17) is 10.5 Å². The van der Waals surface area contributed by atoms with Crippen LogP contribution in [0.25, 0.3) is 0 Å². The molecule has 5 nitrogen and oxygen atoms in total. The third-order valence-electron chi connectivity index (χ3n) is 5.01. The van der Waals surface area contributed by atoms with Crippen LogP contribution in [0.1, 0.15) is 39.5 Å². The molecule has 3 rings (SSSR count). The molecule has 1 amide bonds. The average Bonchev–Trinajstić information content (AvgIpc) is 2.60. The van der Waals surface area contributed by atoms with Crippen molar-refractivity contribution in [3.05, 3.63) is 0 Å². The predicted octanol–water partition coefficient (Wildman–Crippen LogP) is 0.576. The lowest BCUT2D eigenvalue weighted by Crippen LogP contribution is -2.54. The molecular formula is C15H27N3O2. The highest BCUT2D eigenvalue weighted by Gasteiger charge is 2.41. The van der Waals surface area contributed by atoms with Crippen molar-refractivity contribution in [2.75, 3.05) is 19.6 Å². The Labute approximate surface area is 121 Å². The van der Waals surface area contributed by atoms with E-state index in [1.54, 1.807) is 0 Å². The largest absolute Gasteiger partial charge is 0.372 e. The summed E-state index contributed by atoms with van der Waals surface area (Å²) in [6.07, 6.45) is 4.83. The van der Waals surface area contributed by atoms with E-state index in [-0.39, 0.29) is 18.1 Å². The van der Waals surface area contributed by atoms with Gasteiger partial charge in [0.2, 0.25) is 5.91 Å². The molecule has 3 heterocycles. The van der Waals surface area contributed by atoms with Gasteiger partial charge in [0.15, 0.2) is 0 Å². The normalized spacial score (nSPS) is 42.0. The molecule has 4 unspecified atom stereocenters. The van der Waals surface area contributed by atoms with Crippen molar-refractivity contribution in [2.45, 2.75) is 69.9 Å². The molecule has 114 valence electrons. The smallest absolute Gasteiger partial charge is 0.236 e. The Balaban J connectivity index is 1.59. The zero-order chi connectivity index (χ0) is 14.3. The highest BCUT2D eigenvalue weighted by molar-refractivity contribution is 5.78. The van der Waals surface area contributed by atoms with Crippen molar-refractivity contribution in [1.29, 1.82) is 0 Å². The maximum absolute atomic E-state index is 12.6. The van der Waals surface area contributed by atoms with Crippen molar-refractivity contribution >= 4 is 5.91 Å². The van der Waals surface area contributed by atoms with Gasteiger partial charge in [-0.3, -0.25) is 9.69 Å². The summed E-state index contributed by atoms with van der Waals surface area (Å²) in [5.41, 5.74) is 6.09. The van der Waals surface area contributed by atoms with E-state index >= 15 is 0 Å². The Morgan fingerprint density at radius 1 is 1.15 bits per heavy atom. The summed E-state index contributed by atoms with van der Waals surface area (Å²) in [6, 6.07) is 1.40. The second-order valence-corrected chi connectivity index (χ2v) is 6.84. The Kier molecular flexibility index (Phi) is 4.02. The summed E-state index contributed by atoms with van der Waals surface area (Å²) in [6.45, 7) is 6.11. The van der Waals surface area contributed by atoms with Crippen molar-refractivity contribution in [3.8, 4) is 0 Å². The van der Waals surface area contributed by atoms with Crippen LogP contribution in [0.15, 0.2) is 0 Å². The van der Waals surface area contributed by atoms with Crippen molar-refractivity contribution < 1.29 is 9.53 Å². The summed E-state index contributed by atoms with van der Waals surface area (Å²) in [4.78, 5) is 16.9. The Morgan fingerprint density at radius 2 is 1.70 bits per heavy atom. The van der Waals surface area contributed by atoms with Gasteiger partial charge in [0.05, 0.1) is 18.8 Å². The van der Waals surface area contributed by atoms with Crippen LogP contribution in [0.2, 0.25) is 0 Å². The fourth-order valence-electron chi connectivity index (χ4n) is 4.21. The lowest BCUT2D eigenvalue weighted by atomic mass is 9.98. The lowest BCUT2D eigenvalue weighted by molar-refractivity contribution is -0.145. The highest BCUT2D eigenvalue weighted by atomic mass is 16.5. The number of ether oxygens (including phenoxy) is 1. The zero-order valence-corrected chi connectivity index (χ0v) is 12.6. The van der Waals surface area contributed by atoms with Crippen molar-refractivity contribution in [3.63, 3.8) is 0 Å². The summed E-state index contributed by atoms with van der Waals surface area (Å²) in [7, 11) is 0. The number of morpholine rings is 1. The van der Waals surface area contributed by atoms with Crippen LogP contribution >= 0.6 is 0 Å². The van der Waals surface area contributed by atoms with Gasteiger partial charge in [-0.25, -0.2) is 0 Å². The first kappa shape index (κ1) is 14.3. The molecule has 3 aliphatic rings. The first-order chi connectivity index (χ1) is 9.52. The standard InChI is InChI=1S/C15H27N3O2/c1-10-7-17(8-11(2)20-10)15(19)9-18-13-3-4-14(18)6-12(16)5-13/h10-14H,3-9,16H2,1-2H3. The summed E-state index contributed by atoms with van der Waals surface area (Å²) < 4.78 is 5.70. The fourth-order valence-corrected chi connectivity index (χ4v) is 4.21. The molecule has 5 heteroatoms. The van der Waals surface area contributed by atoms with Gasteiger partial charge in [-0.1, -0.05) is 0 Å². The maximum atomic E-state index is 12.6. The number of carbonyl (C=O) groups is 1. The molecule has 3 saturated heterocycles. The van der Waals surface area contributed by atoms with Crippen LogP contribution in [0.5, 0.6) is 0 Å². The number of nitrogens with zero attached hydrogens (tertiary/aromatic N) is 2. The molecule has 2 N–H and O–H groups in total. The number of rotatable bonds is 2. The maximum Gasteiger partial charge on any atom is 0.236 e. The predicted molar refractivity (Wildman–Crippen MR) is 77.3 cm³/mol. The van der Waals surface area contributed by atoms with Gasteiger partial charge in [0.25, 0.3) is 0 Å². The van der Waals surface area contributed by atoms with Crippen molar-refractivity contribution in [1.82, 2.24) is 9.80 Å². The topological polar surface area (TPSA) is 58.8 Å². The van der Waals surface area contributed by atoms with Crippen LogP contribution < -0.4 is 5.73 Å². The lowest BCUT2D eigenvalue weighted by Gasteiger charge is -2.40. The first-order valence-corrected chi connectivity index (χ1v) is 7.97. The van der Waals surface area contributed by atoms with E-state index in [1.165, 1.54) is 12.8 Å². The molecule has 0 radical (unpaired) electrons. The second-order valence-electron chi connectivity index (χ2n) is 6.84. The Morgan fingerprint density at radius 3 is 2.25 bits per heavy atom. The van der Waals surface area contributed by atoms with E-state index in [1.807, 2.05) is 18.7 Å². The van der Waals surface area contributed by atoms with Gasteiger partial charge in [-0.05, 0) is 39.5 Å². The minimum Gasteiger partial charge on any atom is -0.372 e. The number of nitrogens with two attached hydrogens (primary N) is 1. The van der Waals surface area contributed by atoms with Gasteiger partial charge < -0.3 is 15.4 Å². The van der Waals surface area contributed by atoms with E-state index in [0.717, 1.165) is 25.9 Å². The number of fused-ring (bicyclic) bond motifs is 2. The molecule has 2 bridgehead atoms. The van der Waals surface area contributed by atoms with Crippen LogP contribution in [-0.4, -0.2) is 65.7 Å². The SMILES string of the molecule is CC1CN(C(=O)CN2C3CCC2CC(N)C3)CC(C)O1. The molecular weight excluding hydrogens is 254 g/mol. The zero-order valence-electron chi connectivity index (χ0n) is 12.6.